The molecule has 0 saturated heterocycles. The van der Waals surface area contributed by atoms with Crippen molar-refractivity contribution in [2.45, 2.75) is 53.1 Å². The van der Waals surface area contributed by atoms with Gasteiger partial charge in [0.25, 0.3) is 0 Å². The summed E-state index contributed by atoms with van der Waals surface area (Å²) >= 11 is 0. The van der Waals surface area contributed by atoms with E-state index in [1.807, 2.05) is 20.8 Å². The van der Waals surface area contributed by atoms with Crippen LogP contribution in [0.5, 0.6) is 0 Å². The van der Waals surface area contributed by atoms with Gasteiger partial charge in [-0.25, -0.2) is 0 Å². The molecule has 0 aliphatic carbocycles. The molecule has 0 bridgehead atoms. The predicted molar refractivity (Wildman–Crippen MR) is 66.9 cm³/mol. The molecule has 0 aromatic heterocycles. The quantitative estimate of drug-likeness (QED) is 0.640. The van der Waals surface area contributed by atoms with Crippen LogP contribution in [-0.4, -0.2) is 34.5 Å². The molecule has 18 heavy (non-hydrogen) atoms. The molecule has 3 N–H and O–H groups in total. The summed E-state index contributed by atoms with van der Waals surface area (Å²) in [6, 6.07) is -0.782. The van der Waals surface area contributed by atoms with Crippen LogP contribution in [0.25, 0.3) is 0 Å². The van der Waals surface area contributed by atoms with Crippen molar-refractivity contribution >= 4 is 17.8 Å². The van der Waals surface area contributed by atoms with Gasteiger partial charge in [0.1, 0.15) is 11.5 Å². The van der Waals surface area contributed by atoms with Gasteiger partial charge in [-0.2, -0.15) is 0 Å². The largest absolute Gasteiger partial charge is 0.480 e. The van der Waals surface area contributed by atoms with E-state index in [4.69, 9.17) is 5.11 Å². The van der Waals surface area contributed by atoms with E-state index in [0.29, 0.717) is 0 Å². The summed E-state index contributed by atoms with van der Waals surface area (Å²) < 4.78 is 0. The van der Waals surface area contributed by atoms with Crippen LogP contribution in [0, 0.1) is 5.41 Å². The van der Waals surface area contributed by atoms with Crippen molar-refractivity contribution in [3.05, 3.63) is 0 Å². The molecule has 0 saturated carbocycles. The van der Waals surface area contributed by atoms with Crippen molar-refractivity contribution in [3.63, 3.8) is 0 Å². The van der Waals surface area contributed by atoms with Gasteiger partial charge in [0, 0.05) is 5.54 Å². The molecule has 1 atom stereocenters. The maximum Gasteiger partial charge on any atom is 0.318 e. The summed E-state index contributed by atoms with van der Waals surface area (Å²) in [6.45, 7) is 9.55. The first-order chi connectivity index (χ1) is 7.88. The highest BCUT2D eigenvalue weighted by molar-refractivity contribution is 6.02. The first kappa shape index (κ1) is 16.4. The second-order valence-electron chi connectivity index (χ2n) is 5.86. The Balaban J connectivity index is 4.59. The lowest BCUT2D eigenvalue weighted by Gasteiger charge is -2.25. The smallest absolute Gasteiger partial charge is 0.318 e. The van der Waals surface area contributed by atoms with Crippen LogP contribution < -0.4 is 10.6 Å². The molecule has 0 heterocycles. The number of rotatable bonds is 4. The van der Waals surface area contributed by atoms with Gasteiger partial charge in [-0.05, 0) is 41.5 Å². The van der Waals surface area contributed by atoms with Crippen LogP contribution in [0.15, 0.2) is 0 Å². The fourth-order valence-corrected chi connectivity index (χ4v) is 1.02. The highest BCUT2D eigenvalue weighted by atomic mass is 16.4. The minimum absolute atomic E-state index is 0.350. The number of carbonyl (C=O) groups excluding carboxylic acids is 2. The highest BCUT2D eigenvalue weighted by Crippen LogP contribution is 2.15. The molecule has 0 aromatic carbocycles. The van der Waals surface area contributed by atoms with E-state index in [1.165, 1.54) is 20.8 Å². The number of aliphatic carboxylic acids is 1. The maximum atomic E-state index is 11.7. The Labute approximate surface area is 107 Å². The summed E-state index contributed by atoms with van der Waals surface area (Å²) in [5.74, 6) is -2.27. The van der Waals surface area contributed by atoms with E-state index >= 15 is 0 Å². The van der Waals surface area contributed by atoms with E-state index in [9.17, 15) is 14.4 Å². The monoisotopic (exact) mass is 258 g/mol. The number of carboxylic acids is 1. The average molecular weight is 258 g/mol. The molecule has 2 amide bonds. The summed E-state index contributed by atoms with van der Waals surface area (Å²) in [7, 11) is 0. The van der Waals surface area contributed by atoms with Gasteiger partial charge in [-0.15, -0.1) is 0 Å². The van der Waals surface area contributed by atoms with Crippen LogP contribution in [-0.2, 0) is 14.4 Å². The summed E-state index contributed by atoms with van der Waals surface area (Å²) in [5, 5.41) is 14.0. The summed E-state index contributed by atoms with van der Waals surface area (Å²) in [5.41, 5.74) is -1.96. The molecule has 0 fully saturated rings. The second kappa shape index (κ2) is 5.37. The van der Waals surface area contributed by atoms with Gasteiger partial charge in [-0.1, -0.05) is 0 Å². The molecular formula is C12H22N2O4. The number of carboxylic acid groups (broad SMARTS) is 1. The molecule has 6 heteroatoms. The molecule has 0 radical (unpaired) electrons. The number of nitrogens with one attached hydrogen (secondary N) is 2. The third-order valence-corrected chi connectivity index (χ3v) is 2.34. The van der Waals surface area contributed by atoms with Crippen molar-refractivity contribution in [2.75, 3.05) is 0 Å². The van der Waals surface area contributed by atoms with Crippen LogP contribution in [0.1, 0.15) is 41.5 Å². The minimum Gasteiger partial charge on any atom is -0.480 e. The lowest BCUT2D eigenvalue weighted by Crippen LogP contribution is -2.54. The van der Waals surface area contributed by atoms with E-state index in [0.717, 1.165) is 0 Å². The maximum absolute atomic E-state index is 11.7. The van der Waals surface area contributed by atoms with Crippen LogP contribution in [0.3, 0.4) is 0 Å². The Kier molecular flexibility index (Phi) is 4.90. The van der Waals surface area contributed by atoms with Crippen molar-refractivity contribution in [1.82, 2.24) is 10.6 Å². The fraction of sp³-hybridized carbons (Fsp3) is 0.750. The first-order valence-electron chi connectivity index (χ1n) is 5.74. The molecule has 0 aliphatic heterocycles. The van der Waals surface area contributed by atoms with Gasteiger partial charge < -0.3 is 15.7 Å². The first-order valence-corrected chi connectivity index (χ1v) is 5.74. The van der Waals surface area contributed by atoms with Crippen LogP contribution in [0.2, 0.25) is 0 Å². The SMILES string of the molecule is CC(NC(=O)C(C)(C)C(=O)O)C(=O)NC(C)(C)C. The molecule has 104 valence electrons. The lowest BCUT2D eigenvalue weighted by atomic mass is 9.92. The Bertz CT molecular complexity index is 356. The zero-order chi connectivity index (χ0) is 14.7. The van der Waals surface area contributed by atoms with E-state index < -0.39 is 28.9 Å². The Morgan fingerprint density at radius 1 is 1.06 bits per heavy atom. The van der Waals surface area contributed by atoms with Gasteiger partial charge in [0.2, 0.25) is 11.8 Å². The van der Waals surface area contributed by atoms with Gasteiger partial charge in [-0.3, -0.25) is 14.4 Å². The molecule has 0 rings (SSSR count). The van der Waals surface area contributed by atoms with E-state index in [-0.39, 0.29) is 5.91 Å². The van der Waals surface area contributed by atoms with Gasteiger partial charge in [0.15, 0.2) is 0 Å². The lowest BCUT2D eigenvalue weighted by molar-refractivity contribution is -0.154. The highest BCUT2D eigenvalue weighted by Gasteiger charge is 2.37. The minimum atomic E-state index is -1.56. The van der Waals surface area contributed by atoms with Crippen molar-refractivity contribution in [3.8, 4) is 0 Å². The zero-order valence-corrected chi connectivity index (χ0v) is 11.7. The predicted octanol–water partition coefficient (Wildman–Crippen LogP) is 0.517. The molecule has 1 unspecified atom stereocenters. The molecule has 0 spiro atoms. The van der Waals surface area contributed by atoms with E-state index in [2.05, 4.69) is 10.6 Å². The van der Waals surface area contributed by atoms with Crippen LogP contribution >= 0.6 is 0 Å². The zero-order valence-electron chi connectivity index (χ0n) is 11.7. The molecule has 6 nitrogen and oxygen atoms in total. The van der Waals surface area contributed by atoms with Gasteiger partial charge in [0.05, 0.1) is 0 Å². The third kappa shape index (κ3) is 4.73. The Morgan fingerprint density at radius 3 is 1.83 bits per heavy atom. The number of hydrogen-bond donors (Lipinski definition) is 3. The third-order valence-electron chi connectivity index (χ3n) is 2.34. The van der Waals surface area contributed by atoms with Crippen molar-refractivity contribution in [1.29, 1.82) is 0 Å². The number of amides is 2. The fourth-order valence-electron chi connectivity index (χ4n) is 1.02. The Hall–Kier alpha value is -1.59. The van der Waals surface area contributed by atoms with Gasteiger partial charge >= 0.3 is 5.97 Å². The molecular weight excluding hydrogens is 236 g/mol. The van der Waals surface area contributed by atoms with E-state index in [1.54, 1.807) is 0 Å². The standard InChI is InChI=1S/C12H22N2O4/c1-7(8(15)14-11(2,3)4)13-9(16)12(5,6)10(17)18/h7H,1-6H3,(H,13,16)(H,14,15)(H,17,18). The molecule has 0 aromatic rings. The number of hydrogen-bond acceptors (Lipinski definition) is 3. The normalized spacial score (nSPS) is 13.7. The number of carbonyl (C=O) groups is 3. The van der Waals surface area contributed by atoms with Crippen molar-refractivity contribution < 1.29 is 19.5 Å². The van der Waals surface area contributed by atoms with Crippen LogP contribution in [0.4, 0.5) is 0 Å². The second-order valence-corrected chi connectivity index (χ2v) is 5.86. The Morgan fingerprint density at radius 2 is 1.50 bits per heavy atom. The topological polar surface area (TPSA) is 95.5 Å². The average Bonchev–Trinajstić information content (AvgIpc) is 2.14. The molecule has 0 aliphatic rings. The van der Waals surface area contributed by atoms with Crippen molar-refractivity contribution in [2.24, 2.45) is 5.41 Å². The summed E-state index contributed by atoms with van der Waals surface area (Å²) in [6.07, 6.45) is 0. The summed E-state index contributed by atoms with van der Waals surface area (Å²) in [4.78, 5) is 34.3.